The van der Waals surface area contributed by atoms with E-state index < -0.39 is 0 Å². The molecule has 0 amide bonds. The molecule has 0 aromatic rings. The van der Waals surface area contributed by atoms with Gasteiger partial charge < -0.3 is 0 Å². The Morgan fingerprint density at radius 2 is 0.286 bits per heavy atom. The Hall–Kier alpha value is 8.06. The molecular formula is H10Ca5Zr2. The predicted octanol–water partition coefficient (Wildman–Crippen LogP) is -4.59. The van der Waals surface area contributed by atoms with E-state index >= 15 is 0 Å². The van der Waals surface area contributed by atoms with Crippen LogP contribution in [0.25, 0.3) is 0 Å². The first-order valence-corrected chi connectivity index (χ1v) is 0. The Bertz CT molecular complexity index is 6.04. The van der Waals surface area contributed by atoms with Gasteiger partial charge in [0.15, 0.2) is 0 Å². The molecule has 0 nitrogen and oxygen atoms in total. The van der Waals surface area contributed by atoms with Gasteiger partial charge in [0.2, 0.25) is 0 Å². The maximum absolute atomic E-state index is 0. The molecule has 0 bridgehead atoms. The van der Waals surface area contributed by atoms with Crippen LogP contribution >= 0.6 is 0 Å². The standard InChI is InChI=1S/5Ca.2Zr.10H. The topological polar surface area (TPSA) is 0 Å². The van der Waals surface area contributed by atoms with Gasteiger partial charge >= 0.3 is 189 Å². The van der Waals surface area contributed by atoms with Crippen LogP contribution in [0.5, 0.6) is 0 Å². The minimum Gasteiger partial charge on any atom is 0 e. The SMILES string of the molecule is [CaH2].[CaH2].[CaH2].[CaH2].[CaH2].[Zr].[Zr]. The molecule has 28 valence electrons. The quantitative estimate of drug-likeness (QED) is 0.364. The summed E-state index contributed by atoms with van der Waals surface area (Å²) in [6.45, 7) is 0. The van der Waals surface area contributed by atoms with Gasteiger partial charge in [-0.15, -0.1) is 0 Å². The van der Waals surface area contributed by atoms with Crippen LogP contribution in [0.4, 0.5) is 0 Å². The first-order valence-electron chi connectivity index (χ1n) is 0. The zero-order valence-electron chi connectivity index (χ0n) is 1.00. The molecule has 7 heteroatoms. The average molecular weight is 393 g/mol. The second-order valence-corrected chi connectivity index (χ2v) is 0. The molecule has 0 aromatic heterocycles. The Labute approximate surface area is 232 Å². The molecule has 0 heterocycles. The number of hydrogen-bond donors (Lipinski definition) is 0. The molecule has 0 aliphatic rings. The van der Waals surface area contributed by atoms with Crippen molar-refractivity contribution >= 4 is 189 Å². The summed E-state index contributed by atoms with van der Waals surface area (Å²) in [6, 6.07) is 0. The van der Waals surface area contributed by atoms with Crippen molar-refractivity contribution in [1.29, 1.82) is 0 Å². The average Bonchev–Trinajstić information content (AvgIpc) is 0. The van der Waals surface area contributed by atoms with E-state index in [1.54, 1.807) is 0 Å². The van der Waals surface area contributed by atoms with Gasteiger partial charge in [-0.05, 0) is 0 Å². The Morgan fingerprint density at radius 1 is 0.286 bits per heavy atom. The molecule has 0 saturated carbocycles. The van der Waals surface area contributed by atoms with Crippen molar-refractivity contribution in [2.45, 2.75) is 0 Å². The van der Waals surface area contributed by atoms with Crippen LogP contribution in [0, 0.1) is 0 Å². The largest absolute Gasteiger partial charge is 0 e. The summed E-state index contributed by atoms with van der Waals surface area (Å²) in [7, 11) is 0. The van der Waals surface area contributed by atoms with E-state index in [0.717, 1.165) is 0 Å². The van der Waals surface area contributed by atoms with Gasteiger partial charge in [-0.2, -0.15) is 0 Å². The van der Waals surface area contributed by atoms with Gasteiger partial charge in [-0.1, -0.05) is 0 Å². The minimum atomic E-state index is 0. The minimum absolute atomic E-state index is 0. The predicted molar refractivity (Wildman–Crippen MR) is 42.7 cm³/mol. The van der Waals surface area contributed by atoms with Gasteiger partial charge in [-0.3, -0.25) is 0 Å². The molecule has 0 aliphatic carbocycles. The number of rotatable bonds is 0. The molecule has 7 heavy (non-hydrogen) atoms. The van der Waals surface area contributed by atoms with E-state index in [4.69, 9.17) is 0 Å². The van der Waals surface area contributed by atoms with E-state index in [-0.39, 0.29) is 241 Å². The maximum atomic E-state index is 0. The summed E-state index contributed by atoms with van der Waals surface area (Å²) in [5.41, 5.74) is 0. The van der Waals surface area contributed by atoms with Gasteiger partial charge in [-0.25, -0.2) is 0 Å². The van der Waals surface area contributed by atoms with Crippen molar-refractivity contribution in [3.63, 3.8) is 0 Å². The fourth-order valence-electron chi connectivity index (χ4n) is 0. The third-order valence-corrected chi connectivity index (χ3v) is 0. The first-order chi connectivity index (χ1) is 0. The Morgan fingerprint density at radius 3 is 0.286 bits per heavy atom. The molecule has 0 spiro atoms. The molecule has 0 rings (SSSR count). The van der Waals surface area contributed by atoms with Crippen LogP contribution < -0.4 is 0 Å². The second-order valence-electron chi connectivity index (χ2n) is 0. The van der Waals surface area contributed by atoms with E-state index in [0.29, 0.717) is 0 Å². The molecule has 0 radical (unpaired) electrons. The third kappa shape index (κ3) is 31.5. The maximum Gasteiger partial charge on any atom is 0 e. The summed E-state index contributed by atoms with van der Waals surface area (Å²) in [5.74, 6) is 0. The van der Waals surface area contributed by atoms with Crippen molar-refractivity contribution in [1.82, 2.24) is 0 Å². The zero-order chi connectivity index (χ0) is 0. The Kier molecular flexibility index (Phi) is 242. The normalized spacial score (nSPS) is 0. The monoisotopic (exact) mass is 390 g/mol. The Balaban J connectivity index is 0. The molecule has 0 atom stereocenters. The van der Waals surface area contributed by atoms with Gasteiger partial charge in [0.25, 0.3) is 0 Å². The summed E-state index contributed by atoms with van der Waals surface area (Å²) >= 11 is 0. The number of hydrogen-bond acceptors (Lipinski definition) is 0. The summed E-state index contributed by atoms with van der Waals surface area (Å²) in [6.07, 6.45) is 0. The second kappa shape index (κ2) is 36.9. The van der Waals surface area contributed by atoms with E-state index in [9.17, 15) is 0 Å². The van der Waals surface area contributed by atoms with Crippen LogP contribution in [0.1, 0.15) is 0 Å². The van der Waals surface area contributed by atoms with Gasteiger partial charge in [0.05, 0.1) is 0 Å². The van der Waals surface area contributed by atoms with E-state index in [1.807, 2.05) is 0 Å². The molecule has 0 fully saturated rings. The fourth-order valence-corrected chi connectivity index (χ4v) is 0. The van der Waals surface area contributed by atoms with E-state index in [1.165, 1.54) is 0 Å². The summed E-state index contributed by atoms with van der Waals surface area (Å²) in [4.78, 5) is 0. The molecule has 0 aromatic carbocycles. The van der Waals surface area contributed by atoms with Crippen molar-refractivity contribution in [2.24, 2.45) is 0 Å². The van der Waals surface area contributed by atoms with E-state index in [2.05, 4.69) is 0 Å². The molecule has 0 aliphatic heterocycles. The van der Waals surface area contributed by atoms with Crippen LogP contribution in [0.2, 0.25) is 0 Å². The fraction of sp³-hybridized carbons (Fsp3) is 0. The summed E-state index contributed by atoms with van der Waals surface area (Å²) < 4.78 is 0. The van der Waals surface area contributed by atoms with Crippen LogP contribution in [-0.4, -0.2) is 189 Å². The van der Waals surface area contributed by atoms with Crippen LogP contribution in [-0.2, 0) is 52.4 Å². The van der Waals surface area contributed by atoms with Crippen molar-refractivity contribution in [2.75, 3.05) is 0 Å². The molecule has 0 unspecified atom stereocenters. The third-order valence-electron chi connectivity index (χ3n) is 0. The summed E-state index contributed by atoms with van der Waals surface area (Å²) in [5, 5.41) is 0. The molecule has 0 saturated heterocycles. The molecular weight excluding hydrogens is 383 g/mol. The molecule has 0 N–H and O–H groups in total. The van der Waals surface area contributed by atoms with Crippen LogP contribution in [0.15, 0.2) is 0 Å². The first kappa shape index (κ1) is 45.8. The van der Waals surface area contributed by atoms with Crippen molar-refractivity contribution in [3.8, 4) is 0 Å². The van der Waals surface area contributed by atoms with Gasteiger partial charge in [0, 0.05) is 52.4 Å². The van der Waals surface area contributed by atoms with Crippen molar-refractivity contribution < 1.29 is 52.4 Å². The zero-order valence-corrected chi connectivity index (χ0v) is 5.92. The van der Waals surface area contributed by atoms with Crippen LogP contribution in [0.3, 0.4) is 0 Å². The van der Waals surface area contributed by atoms with Crippen molar-refractivity contribution in [3.05, 3.63) is 0 Å². The van der Waals surface area contributed by atoms with Gasteiger partial charge in [0.1, 0.15) is 0 Å². The smallest absolute Gasteiger partial charge is 0 e.